The smallest absolute Gasteiger partial charge is 0.407 e. The van der Waals surface area contributed by atoms with Gasteiger partial charge in [0.25, 0.3) is 5.91 Å². The Balaban J connectivity index is 0. The third-order valence-corrected chi connectivity index (χ3v) is 2.65. The summed E-state index contributed by atoms with van der Waals surface area (Å²) in [5.41, 5.74) is 1.99. The second-order valence-corrected chi connectivity index (χ2v) is 6.28. The quantitative estimate of drug-likeness (QED) is 0.819. The van der Waals surface area contributed by atoms with E-state index in [9.17, 15) is 9.59 Å². The van der Waals surface area contributed by atoms with Crippen LogP contribution in [0.4, 0.5) is 4.79 Å². The van der Waals surface area contributed by atoms with Gasteiger partial charge < -0.3 is 15.4 Å². The van der Waals surface area contributed by atoms with Crippen molar-refractivity contribution in [1.82, 2.24) is 10.6 Å². The number of carbonyl (C=O) groups is 2. The lowest BCUT2D eigenvalue weighted by Gasteiger charge is -2.20. The Morgan fingerprint density at radius 2 is 1.64 bits per heavy atom. The van der Waals surface area contributed by atoms with Crippen LogP contribution in [0.3, 0.4) is 0 Å². The summed E-state index contributed by atoms with van der Waals surface area (Å²) >= 11 is 0. The van der Waals surface area contributed by atoms with Crippen LogP contribution in [0.2, 0.25) is 0 Å². The SMILES string of the molecule is CC.CCC.CNC(=O)c1ccc(CNC(=O)OC(C)(C)C)c(C)c1. The predicted octanol–water partition coefficient (Wildman–Crippen LogP) is 4.82. The maximum absolute atomic E-state index is 11.6. The molecule has 0 fully saturated rings. The van der Waals surface area contributed by atoms with E-state index < -0.39 is 11.7 Å². The molecular formula is C20H36N2O3. The fourth-order valence-electron chi connectivity index (χ4n) is 1.66. The summed E-state index contributed by atoms with van der Waals surface area (Å²) in [6.07, 6.45) is 0.798. The molecular weight excluding hydrogens is 316 g/mol. The summed E-state index contributed by atoms with van der Waals surface area (Å²) in [6.45, 7) is 16.0. The van der Waals surface area contributed by atoms with Crippen LogP contribution in [0.15, 0.2) is 18.2 Å². The van der Waals surface area contributed by atoms with Crippen molar-refractivity contribution < 1.29 is 14.3 Å². The zero-order chi connectivity index (χ0) is 20.0. The molecule has 2 N–H and O–H groups in total. The molecule has 0 aliphatic rings. The fraction of sp³-hybridized carbons (Fsp3) is 0.600. The van der Waals surface area contributed by atoms with Crippen molar-refractivity contribution >= 4 is 12.0 Å². The zero-order valence-corrected chi connectivity index (χ0v) is 17.4. The van der Waals surface area contributed by atoms with Crippen molar-refractivity contribution in [3.8, 4) is 0 Å². The van der Waals surface area contributed by atoms with Gasteiger partial charge in [0.15, 0.2) is 0 Å². The molecule has 5 heteroatoms. The van der Waals surface area contributed by atoms with Gasteiger partial charge in [0.05, 0.1) is 0 Å². The van der Waals surface area contributed by atoms with Crippen LogP contribution < -0.4 is 10.6 Å². The van der Waals surface area contributed by atoms with Crippen molar-refractivity contribution in [2.75, 3.05) is 7.05 Å². The molecule has 0 aliphatic carbocycles. The van der Waals surface area contributed by atoms with Crippen LogP contribution in [0.25, 0.3) is 0 Å². The monoisotopic (exact) mass is 352 g/mol. The zero-order valence-electron chi connectivity index (χ0n) is 17.4. The van der Waals surface area contributed by atoms with Gasteiger partial charge in [-0.15, -0.1) is 0 Å². The number of ether oxygens (including phenoxy) is 1. The molecule has 1 rings (SSSR count). The van der Waals surface area contributed by atoms with Crippen molar-refractivity contribution in [2.45, 2.75) is 74.0 Å². The third-order valence-electron chi connectivity index (χ3n) is 2.65. The van der Waals surface area contributed by atoms with Crippen molar-refractivity contribution in [2.24, 2.45) is 0 Å². The third kappa shape index (κ3) is 12.0. The van der Waals surface area contributed by atoms with E-state index in [1.54, 1.807) is 19.2 Å². The summed E-state index contributed by atoms with van der Waals surface area (Å²) in [7, 11) is 1.59. The maximum Gasteiger partial charge on any atom is 0.407 e. The second-order valence-electron chi connectivity index (χ2n) is 6.28. The second kappa shape index (κ2) is 13.3. The standard InChI is InChI=1S/C15H22N2O3.C3H8.C2H6/c1-10-8-11(13(18)16-5)6-7-12(10)9-17-14(19)20-15(2,3)4;1-3-2;1-2/h6-8H,9H2,1-5H3,(H,16,18)(H,17,19);3H2,1-2H3;1-2H3. The Morgan fingerprint density at radius 1 is 1.12 bits per heavy atom. The van der Waals surface area contributed by atoms with E-state index in [2.05, 4.69) is 24.5 Å². The molecule has 0 atom stereocenters. The van der Waals surface area contributed by atoms with Gasteiger partial charge in [-0.1, -0.05) is 40.2 Å². The molecule has 0 saturated heterocycles. The average molecular weight is 353 g/mol. The molecule has 1 aromatic rings. The number of benzene rings is 1. The minimum Gasteiger partial charge on any atom is -0.444 e. The van der Waals surface area contributed by atoms with Gasteiger partial charge in [-0.3, -0.25) is 4.79 Å². The van der Waals surface area contributed by atoms with Crippen LogP contribution in [0, 0.1) is 6.92 Å². The maximum atomic E-state index is 11.6. The lowest BCUT2D eigenvalue weighted by molar-refractivity contribution is 0.0523. The van der Waals surface area contributed by atoms with Crippen molar-refractivity contribution in [3.05, 3.63) is 34.9 Å². The fourth-order valence-corrected chi connectivity index (χ4v) is 1.66. The van der Waals surface area contributed by atoms with E-state index in [0.717, 1.165) is 11.1 Å². The number of alkyl carbamates (subject to hydrolysis) is 1. The summed E-state index contributed by atoms with van der Waals surface area (Å²) in [4.78, 5) is 23.1. The summed E-state index contributed by atoms with van der Waals surface area (Å²) in [5, 5.41) is 5.27. The van der Waals surface area contributed by atoms with Gasteiger partial charge in [0, 0.05) is 19.2 Å². The molecule has 0 saturated carbocycles. The number of aryl methyl sites for hydroxylation is 1. The molecule has 5 nitrogen and oxygen atoms in total. The lowest BCUT2D eigenvalue weighted by atomic mass is 10.0. The highest BCUT2D eigenvalue weighted by molar-refractivity contribution is 5.94. The van der Waals surface area contributed by atoms with Gasteiger partial charge in [0.1, 0.15) is 5.60 Å². The molecule has 0 aromatic heterocycles. The Labute approximate surface area is 153 Å². The average Bonchev–Trinajstić information content (AvgIpc) is 2.54. The van der Waals surface area contributed by atoms with Gasteiger partial charge in [-0.25, -0.2) is 4.79 Å². The van der Waals surface area contributed by atoms with Crippen LogP contribution >= 0.6 is 0 Å². The molecule has 0 spiro atoms. The normalized spacial score (nSPS) is 9.64. The molecule has 0 bridgehead atoms. The van der Waals surface area contributed by atoms with E-state index >= 15 is 0 Å². The number of carbonyl (C=O) groups excluding carboxylic acids is 2. The molecule has 2 amide bonds. The highest BCUT2D eigenvalue weighted by Crippen LogP contribution is 2.12. The molecule has 0 unspecified atom stereocenters. The Kier molecular flexibility index (Phi) is 13.4. The molecule has 144 valence electrons. The van der Waals surface area contributed by atoms with E-state index in [1.165, 1.54) is 6.42 Å². The highest BCUT2D eigenvalue weighted by Gasteiger charge is 2.16. The van der Waals surface area contributed by atoms with Gasteiger partial charge in [-0.05, 0) is 51.0 Å². The largest absolute Gasteiger partial charge is 0.444 e. The van der Waals surface area contributed by atoms with Crippen LogP contribution in [-0.2, 0) is 11.3 Å². The number of nitrogens with one attached hydrogen (secondary N) is 2. The number of hydrogen-bond acceptors (Lipinski definition) is 3. The molecule has 1 aromatic carbocycles. The van der Waals surface area contributed by atoms with Crippen LogP contribution in [0.5, 0.6) is 0 Å². The van der Waals surface area contributed by atoms with Crippen LogP contribution in [-0.4, -0.2) is 24.6 Å². The Morgan fingerprint density at radius 3 is 2.04 bits per heavy atom. The summed E-state index contributed by atoms with van der Waals surface area (Å²) in [5.74, 6) is -0.125. The predicted molar refractivity (Wildman–Crippen MR) is 105 cm³/mol. The lowest BCUT2D eigenvalue weighted by Crippen LogP contribution is -2.32. The Bertz CT molecular complexity index is 520. The highest BCUT2D eigenvalue weighted by atomic mass is 16.6. The number of rotatable bonds is 3. The summed E-state index contributed by atoms with van der Waals surface area (Å²) in [6, 6.07) is 5.36. The Hall–Kier alpha value is -2.04. The van der Waals surface area contributed by atoms with E-state index in [-0.39, 0.29) is 5.91 Å². The van der Waals surface area contributed by atoms with E-state index in [0.29, 0.717) is 12.1 Å². The first kappa shape index (κ1) is 25.2. The number of amides is 2. The van der Waals surface area contributed by atoms with Crippen LogP contribution in [0.1, 0.15) is 76.4 Å². The minimum atomic E-state index is -0.512. The van der Waals surface area contributed by atoms with E-state index in [4.69, 9.17) is 4.74 Å². The first-order valence-corrected chi connectivity index (χ1v) is 8.93. The molecule has 0 radical (unpaired) electrons. The van der Waals surface area contributed by atoms with Gasteiger partial charge >= 0.3 is 6.09 Å². The minimum absolute atomic E-state index is 0.125. The van der Waals surface area contributed by atoms with E-state index in [1.807, 2.05) is 47.6 Å². The van der Waals surface area contributed by atoms with Gasteiger partial charge in [-0.2, -0.15) is 0 Å². The number of hydrogen-bond donors (Lipinski definition) is 2. The van der Waals surface area contributed by atoms with Gasteiger partial charge in [0.2, 0.25) is 0 Å². The molecule has 25 heavy (non-hydrogen) atoms. The first-order chi connectivity index (χ1) is 11.6. The summed E-state index contributed by atoms with van der Waals surface area (Å²) < 4.78 is 5.16. The first-order valence-electron chi connectivity index (χ1n) is 8.93. The van der Waals surface area contributed by atoms with Crippen molar-refractivity contribution in [1.29, 1.82) is 0 Å². The topological polar surface area (TPSA) is 67.4 Å². The van der Waals surface area contributed by atoms with Crippen molar-refractivity contribution in [3.63, 3.8) is 0 Å². The molecule has 0 aliphatic heterocycles. The molecule has 0 heterocycles.